The zero-order valence-electron chi connectivity index (χ0n) is 11.6. The van der Waals surface area contributed by atoms with Crippen molar-refractivity contribution in [1.29, 1.82) is 0 Å². The summed E-state index contributed by atoms with van der Waals surface area (Å²) >= 11 is 5.96. The van der Waals surface area contributed by atoms with E-state index in [1.165, 1.54) is 0 Å². The van der Waals surface area contributed by atoms with Crippen molar-refractivity contribution in [2.45, 2.75) is 0 Å². The average molecular weight is 312 g/mol. The number of aromatic nitrogens is 1. The van der Waals surface area contributed by atoms with Gasteiger partial charge in [0.2, 0.25) is 11.1 Å². The van der Waals surface area contributed by atoms with Crippen molar-refractivity contribution < 1.29 is 9.15 Å². The summed E-state index contributed by atoms with van der Waals surface area (Å²) in [7, 11) is 1.60. The van der Waals surface area contributed by atoms with Gasteiger partial charge in [-0.15, -0.1) is 0 Å². The number of fused-ring (bicyclic) bond motifs is 3. The molecule has 108 valence electrons. The normalized spacial score (nSPS) is 11.4. The summed E-state index contributed by atoms with van der Waals surface area (Å²) in [6, 6.07) is 12.2. The Bertz CT molecular complexity index is 1100. The van der Waals surface area contributed by atoms with Crippen LogP contribution in [0.4, 0.5) is 0 Å². The fourth-order valence-corrected chi connectivity index (χ4v) is 2.69. The SMILES string of the molecule is COc1ccc2nc3oc4ccc(Cl)cc4c(=O)c3cc2c1. The number of pyridine rings is 1. The molecular formula is C17H10ClNO3. The first-order valence-electron chi connectivity index (χ1n) is 6.66. The first-order chi connectivity index (χ1) is 10.7. The van der Waals surface area contributed by atoms with Gasteiger partial charge in [0.05, 0.1) is 23.4 Å². The number of hydrogen-bond acceptors (Lipinski definition) is 4. The third kappa shape index (κ3) is 1.92. The number of methoxy groups -OCH3 is 1. The summed E-state index contributed by atoms with van der Waals surface area (Å²) in [5.74, 6) is 0.710. The Hall–Kier alpha value is -2.59. The number of nitrogens with zero attached hydrogens (tertiary/aromatic N) is 1. The van der Waals surface area contributed by atoms with Crippen LogP contribution in [-0.4, -0.2) is 12.1 Å². The first kappa shape index (κ1) is 13.1. The lowest BCUT2D eigenvalue weighted by molar-refractivity contribution is 0.415. The number of benzene rings is 2. The van der Waals surface area contributed by atoms with Crippen molar-refractivity contribution in [3.8, 4) is 5.75 Å². The van der Waals surface area contributed by atoms with E-state index in [0.717, 1.165) is 10.9 Å². The zero-order chi connectivity index (χ0) is 15.3. The van der Waals surface area contributed by atoms with Crippen molar-refractivity contribution in [2.75, 3.05) is 7.11 Å². The number of halogens is 1. The molecule has 5 heteroatoms. The van der Waals surface area contributed by atoms with Gasteiger partial charge >= 0.3 is 0 Å². The molecule has 2 aromatic heterocycles. The van der Waals surface area contributed by atoms with Crippen molar-refractivity contribution in [2.24, 2.45) is 0 Å². The monoisotopic (exact) mass is 311 g/mol. The lowest BCUT2D eigenvalue weighted by Crippen LogP contribution is -2.03. The van der Waals surface area contributed by atoms with Crippen molar-refractivity contribution in [1.82, 2.24) is 4.98 Å². The van der Waals surface area contributed by atoms with Gasteiger partial charge in [-0.25, -0.2) is 4.98 Å². The van der Waals surface area contributed by atoms with Gasteiger partial charge in [0, 0.05) is 10.4 Å². The van der Waals surface area contributed by atoms with Gasteiger partial charge in [0.15, 0.2) is 0 Å². The molecule has 0 saturated carbocycles. The summed E-state index contributed by atoms with van der Waals surface area (Å²) < 4.78 is 10.9. The molecule has 0 fully saturated rings. The van der Waals surface area contributed by atoms with Crippen LogP contribution in [-0.2, 0) is 0 Å². The summed E-state index contributed by atoms with van der Waals surface area (Å²) in [6.07, 6.45) is 0. The van der Waals surface area contributed by atoms with Crippen molar-refractivity contribution >= 4 is 44.6 Å². The van der Waals surface area contributed by atoms with E-state index in [0.29, 0.717) is 32.8 Å². The van der Waals surface area contributed by atoms with Crippen LogP contribution in [0.5, 0.6) is 5.75 Å². The molecule has 0 aliphatic rings. The highest BCUT2D eigenvalue weighted by Gasteiger charge is 2.11. The molecule has 0 bridgehead atoms. The molecule has 2 heterocycles. The predicted octanol–water partition coefficient (Wildman–Crippen LogP) is 4.16. The summed E-state index contributed by atoms with van der Waals surface area (Å²) in [5, 5.41) is 2.19. The highest BCUT2D eigenvalue weighted by atomic mass is 35.5. The van der Waals surface area contributed by atoms with Crippen LogP contribution in [0, 0.1) is 0 Å². The Morgan fingerprint density at radius 1 is 1.09 bits per heavy atom. The lowest BCUT2D eigenvalue weighted by Gasteiger charge is -2.05. The van der Waals surface area contributed by atoms with E-state index in [2.05, 4.69) is 4.98 Å². The molecule has 22 heavy (non-hydrogen) atoms. The van der Waals surface area contributed by atoms with Crippen molar-refractivity contribution in [3.63, 3.8) is 0 Å². The van der Waals surface area contributed by atoms with Gasteiger partial charge in [-0.1, -0.05) is 11.6 Å². The van der Waals surface area contributed by atoms with E-state index in [1.807, 2.05) is 18.2 Å². The molecule has 4 aromatic rings. The third-order valence-corrected chi connectivity index (χ3v) is 3.86. The maximum Gasteiger partial charge on any atom is 0.231 e. The van der Waals surface area contributed by atoms with E-state index < -0.39 is 0 Å². The van der Waals surface area contributed by atoms with Gasteiger partial charge in [0.1, 0.15) is 11.3 Å². The fraction of sp³-hybridized carbons (Fsp3) is 0.0588. The summed E-state index contributed by atoms with van der Waals surface area (Å²) in [4.78, 5) is 17.1. The molecular weight excluding hydrogens is 302 g/mol. The molecule has 4 rings (SSSR count). The molecule has 0 aliphatic carbocycles. The number of rotatable bonds is 1. The minimum Gasteiger partial charge on any atom is -0.497 e. The van der Waals surface area contributed by atoms with E-state index in [9.17, 15) is 4.79 Å². The second kappa shape index (κ2) is 4.71. The Morgan fingerprint density at radius 2 is 1.95 bits per heavy atom. The molecule has 0 radical (unpaired) electrons. The quantitative estimate of drug-likeness (QED) is 0.495. The molecule has 0 amide bonds. The van der Waals surface area contributed by atoms with Crippen LogP contribution in [0.15, 0.2) is 51.7 Å². The maximum absolute atomic E-state index is 12.6. The van der Waals surface area contributed by atoms with Crippen LogP contribution in [0.25, 0.3) is 33.0 Å². The van der Waals surface area contributed by atoms with Crippen LogP contribution in [0.2, 0.25) is 5.02 Å². The third-order valence-electron chi connectivity index (χ3n) is 3.62. The standard InChI is InChI=1S/C17H10ClNO3/c1-21-11-3-4-14-9(6-11)7-13-16(20)12-8-10(18)2-5-15(12)22-17(13)19-14/h2-8H,1H3. The van der Waals surface area contributed by atoms with Gasteiger partial charge in [-0.3, -0.25) is 4.79 Å². The van der Waals surface area contributed by atoms with Gasteiger partial charge in [0.25, 0.3) is 0 Å². The summed E-state index contributed by atoms with van der Waals surface area (Å²) in [5.41, 5.74) is 1.39. The topological polar surface area (TPSA) is 52.3 Å². The van der Waals surface area contributed by atoms with Crippen LogP contribution < -0.4 is 10.2 Å². The predicted molar refractivity (Wildman–Crippen MR) is 86.9 cm³/mol. The minimum absolute atomic E-state index is 0.143. The second-order valence-electron chi connectivity index (χ2n) is 4.97. The molecule has 4 nitrogen and oxygen atoms in total. The Labute approximate surface area is 129 Å². The fourth-order valence-electron chi connectivity index (χ4n) is 2.52. The molecule has 0 saturated heterocycles. The van der Waals surface area contributed by atoms with Crippen LogP contribution >= 0.6 is 11.6 Å². The molecule has 0 atom stereocenters. The van der Waals surface area contributed by atoms with Crippen molar-refractivity contribution in [3.05, 3.63) is 57.7 Å². The first-order valence-corrected chi connectivity index (χ1v) is 7.04. The highest BCUT2D eigenvalue weighted by Crippen LogP contribution is 2.25. The Morgan fingerprint density at radius 3 is 2.77 bits per heavy atom. The largest absolute Gasteiger partial charge is 0.497 e. The Kier molecular flexibility index (Phi) is 2.81. The smallest absolute Gasteiger partial charge is 0.231 e. The lowest BCUT2D eigenvalue weighted by atomic mass is 10.1. The van der Waals surface area contributed by atoms with Crippen LogP contribution in [0.3, 0.4) is 0 Å². The number of hydrogen-bond donors (Lipinski definition) is 0. The molecule has 0 N–H and O–H groups in total. The zero-order valence-corrected chi connectivity index (χ0v) is 12.3. The maximum atomic E-state index is 12.6. The average Bonchev–Trinajstić information content (AvgIpc) is 2.54. The van der Waals surface area contributed by atoms with Gasteiger partial charge in [-0.2, -0.15) is 0 Å². The molecule has 0 unspecified atom stereocenters. The van der Waals surface area contributed by atoms with E-state index in [4.69, 9.17) is 20.8 Å². The highest BCUT2D eigenvalue weighted by molar-refractivity contribution is 6.31. The Balaban J connectivity index is 2.16. The molecule has 0 spiro atoms. The number of ether oxygens (including phenoxy) is 1. The molecule has 2 aromatic carbocycles. The van der Waals surface area contributed by atoms with E-state index in [-0.39, 0.29) is 5.43 Å². The van der Waals surface area contributed by atoms with E-state index in [1.54, 1.807) is 31.4 Å². The minimum atomic E-state index is -0.143. The van der Waals surface area contributed by atoms with Gasteiger partial charge < -0.3 is 9.15 Å². The summed E-state index contributed by atoms with van der Waals surface area (Å²) in [6.45, 7) is 0. The molecule has 0 aliphatic heterocycles. The van der Waals surface area contributed by atoms with Crippen LogP contribution in [0.1, 0.15) is 0 Å². The van der Waals surface area contributed by atoms with E-state index >= 15 is 0 Å². The van der Waals surface area contributed by atoms with Gasteiger partial charge in [-0.05, 0) is 42.5 Å². The second-order valence-corrected chi connectivity index (χ2v) is 5.41.